The van der Waals surface area contributed by atoms with E-state index in [1.54, 1.807) is 17.0 Å². The van der Waals surface area contributed by atoms with Gasteiger partial charge in [0.25, 0.3) is 5.91 Å². The number of carbonyl (C=O) groups is 2. The van der Waals surface area contributed by atoms with Gasteiger partial charge in [-0.15, -0.1) is 0 Å². The van der Waals surface area contributed by atoms with E-state index in [9.17, 15) is 9.59 Å². The first-order valence-corrected chi connectivity index (χ1v) is 12.1. The number of nitrogens with zero attached hydrogens (tertiary/aromatic N) is 1. The van der Waals surface area contributed by atoms with E-state index in [0.717, 1.165) is 29.0 Å². The van der Waals surface area contributed by atoms with Crippen LogP contribution in [0.4, 0.5) is 5.69 Å². The van der Waals surface area contributed by atoms with Crippen LogP contribution >= 0.6 is 23.4 Å². The van der Waals surface area contributed by atoms with Crippen LogP contribution in [0.3, 0.4) is 0 Å². The highest BCUT2D eigenvalue weighted by Crippen LogP contribution is 2.42. The number of anilines is 1. The second kappa shape index (κ2) is 10.7. The van der Waals surface area contributed by atoms with E-state index in [1.807, 2.05) is 67.6 Å². The predicted octanol–water partition coefficient (Wildman–Crippen LogP) is 5.96. The Morgan fingerprint density at radius 2 is 1.73 bits per heavy atom. The number of para-hydroxylation sites is 1. The van der Waals surface area contributed by atoms with Crippen molar-refractivity contribution in [1.29, 1.82) is 0 Å². The number of aryl methyl sites for hydroxylation is 1. The maximum atomic E-state index is 13.3. The summed E-state index contributed by atoms with van der Waals surface area (Å²) in [5.74, 6) is -0.381. The average Bonchev–Trinajstić information content (AvgIpc) is 2.82. The first-order valence-electron chi connectivity index (χ1n) is 10.9. The molecular weight excluding hydrogens is 452 g/mol. The van der Waals surface area contributed by atoms with Crippen LogP contribution in [-0.2, 0) is 16.0 Å². The van der Waals surface area contributed by atoms with Gasteiger partial charge in [0, 0.05) is 16.0 Å². The van der Waals surface area contributed by atoms with E-state index in [4.69, 9.17) is 11.6 Å². The fourth-order valence-electron chi connectivity index (χ4n) is 3.72. The summed E-state index contributed by atoms with van der Waals surface area (Å²) in [6, 6.07) is 25.2. The van der Waals surface area contributed by atoms with Gasteiger partial charge in [0.05, 0.1) is 10.6 Å². The average molecular weight is 477 g/mol. The highest BCUT2D eigenvalue weighted by molar-refractivity contribution is 8.04. The summed E-state index contributed by atoms with van der Waals surface area (Å²) >= 11 is 7.70. The second-order valence-corrected chi connectivity index (χ2v) is 9.47. The van der Waals surface area contributed by atoms with Crippen LogP contribution in [0.25, 0.3) is 6.08 Å². The van der Waals surface area contributed by atoms with Crippen LogP contribution in [0.5, 0.6) is 0 Å². The summed E-state index contributed by atoms with van der Waals surface area (Å²) in [7, 11) is 0. The van der Waals surface area contributed by atoms with Gasteiger partial charge in [-0.2, -0.15) is 0 Å². The molecule has 6 heteroatoms. The van der Waals surface area contributed by atoms with Crippen LogP contribution in [0, 0.1) is 0 Å². The smallest absolute Gasteiger partial charge is 0.265 e. The molecule has 0 spiro atoms. The zero-order valence-corrected chi connectivity index (χ0v) is 19.9. The quantitative estimate of drug-likeness (QED) is 0.428. The van der Waals surface area contributed by atoms with E-state index in [-0.39, 0.29) is 24.4 Å². The number of thioether (sulfide) groups is 1. The Labute approximate surface area is 203 Å². The third kappa shape index (κ3) is 5.86. The van der Waals surface area contributed by atoms with Crippen molar-refractivity contribution in [2.24, 2.45) is 0 Å². The Bertz CT molecular complexity index is 1180. The summed E-state index contributed by atoms with van der Waals surface area (Å²) in [5.41, 5.74) is 2.76. The molecule has 0 bridgehead atoms. The Hall–Kier alpha value is -3.02. The van der Waals surface area contributed by atoms with Crippen LogP contribution in [0.1, 0.15) is 24.5 Å². The molecule has 0 radical (unpaired) electrons. The Morgan fingerprint density at radius 1 is 1.03 bits per heavy atom. The third-order valence-corrected chi connectivity index (χ3v) is 6.86. The molecule has 1 atom stereocenters. The lowest BCUT2D eigenvalue weighted by molar-refractivity contribution is -0.122. The van der Waals surface area contributed by atoms with Crippen molar-refractivity contribution in [1.82, 2.24) is 5.32 Å². The monoisotopic (exact) mass is 476 g/mol. The van der Waals surface area contributed by atoms with Crippen molar-refractivity contribution in [2.75, 3.05) is 11.4 Å². The third-order valence-electron chi connectivity index (χ3n) is 5.44. The fraction of sp³-hybridized carbons (Fsp3) is 0.185. The number of fused-ring (bicyclic) bond motifs is 1. The van der Waals surface area contributed by atoms with Crippen LogP contribution < -0.4 is 10.2 Å². The van der Waals surface area contributed by atoms with Gasteiger partial charge in [-0.3, -0.25) is 14.5 Å². The number of nitrogens with one attached hydrogen (secondary N) is 1. The Kier molecular flexibility index (Phi) is 7.53. The molecule has 3 aromatic rings. The normalized spacial score (nSPS) is 15.3. The lowest BCUT2D eigenvalue weighted by Crippen LogP contribution is -2.45. The van der Waals surface area contributed by atoms with Crippen LogP contribution in [0.2, 0.25) is 5.02 Å². The molecule has 0 saturated heterocycles. The van der Waals surface area contributed by atoms with Crippen molar-refractivity contribution < 1.29 is 9.59 Å². The number of rotatable bonds is 7. The first kappa shape index (κ1) is 23.1. The van der Waals surface area contributed by atoms with Gasteiger partial charge in [-0.25, -0.2) is 0 Å². The van der Waals surface area contributed by atoms with Crippen molar-refractivity contribution in [3.05, 3.63) is 99.9 Å². The zero-order chi connectivity index (χ0) is 23.2. The first-order chi connectivity index (χ1) is 16.0. The van der Waals surface area contributed by atoms with Gasteiger partial charge in [0.15, 0.2) is 0 Å². The number of hydrogen-bond donors (Lipinski definition) is 1. The van der Waals surface area contributed by atoms with E-state index >= 15 is 0 Å². The van der Waals surface area contributed by atoms with E-state index < -0.39 is 0 Å². The summed E-state index contributed by atoms with van der Waals surface area (Å²) in [5, 5.41) is 3.62. The highest BCUT2D eigenvalue weighted by atomic mass is 35.5. The summed E-state index contributed by atoms with van der Waals surface area (Å²) in [4.78, 5) is 29.2. The molecule has 3 aromatic carbocycles. The van der Waals surface area contributed by atoms with Gasteiger partial charge in [0.2, 0.25) is 5.91 Å². The Morgan fingerprint density at radius 3 is 2.52 bits per heavy atom. The zero-order valence-electron chi connectivity index (χ0n) is 18.3. The second-order valence-electron chi connectivity index (χ2n) is 7.98. The number of halogens is 1. The molecule has 1 aliphatic rings. The lowest BCUT2D eigenvalue weighted by atomic mass is 10.1. The molecule has 33 heavy (non-hydrogen) atoms. The minimum absolute atomic E-state index is 0.000329. The molecule has 2 amide bonds. The number of amides is 2. The Balaban J connectivity index is 1.48. The summed E-state index contributed by atoms with van der Waals surface area (Å²) in [6.07, 6.45) is 3.50. The summed E-state index contributed by atoms with van der Waals surface area (Å²) in [6.45, 7) is 1.96. The molecule has 4 rings (SSSR count). The van der Waals surface area contributed by atoms with E-state index in [1.165, 1.54) is 17.3 Å². The predicted molar refractivity (Wildman–Crippen MR) is 136 cm³/mol. The van der Waals surface area contributed by atoms with E-state index in [0.29, 0.717) is 9.93 Å². The SMILES string of the molecule is CC(CCc1ccccc1)NC(=O)CN1C(=O)/C(=C\c2ccccc2Cl)Sc2ccccc21. The topological polar surface area (TPSA) is 49.4 Å². The molecule has 1 aliphatic heterocycles. The lowest BCUT2D eigenvalue weighted by Gasteiger charge is -2.30. The van der Waals surface area contributed by atoms with Crippen LogP contribution in [-0.4, -0.2) is 24.4 Å². The van der Waals surface area contributed by atoms with Crippen LogP contribution in [0.15, 0.2) is 88.7 Å². The molecule has 0 saturated carbocycles. The van der Waals surface area contributed by atoms with Gasteiger partial charge >= 0.3 is 0 Å². The number of hydrogen-bond acceptors (Lipinski definition) is 3. The standard InChI is InChI=1S/C27H25ClN2O2S/c1-19(15-16-20-9-3-2-4-10-20)29-26(31)18-30-23-13-7-8-14-24(23)33-25(27(30)32)17-21-11-5-6-12-22(21)28/h2-14,17,19H,15-16,18H2,1H3,(H,29,31)/b25-17+. The minimum atomic E-state index is -0.203. The molecule has 168 valence electrons. The van der Waals surface area contributed by atoms with Gasteiger partial charge in [-0.1, -0.05) is 84.0 Å². The maximum absolute atomic E-state index is 13.3. The summed E-state index contributed by atoms with van der Waals surface area (Å²) < 4.78 is 0. The van der Waals surface area contributed by atoms with Crippen molar-refractivity contribution in [3.63, 3.8) is 0 Å². The number of carbonyl (C=O) groups excluding carboxylic acids is 2. The molecule has 4 nitrogen and oxygen atoms in total. The fourth-order valence-corrected chi connectivity index (χ4v) is 4.96. The van der Waals surface area contributed by atoms with Gasteiger partial charge in [0.1, 0.15) is 6.54 Å². The highest BCUT2D eigenvalue weighted by Gasteiger charge is 2.30. The molecule has 0 fully saturated rings. The van der Waals surface area contributed by atoms with Gasteiger partial charge in [-0.05, 0) is 55.2 Å². The molecule has 1 unspecified atom stereocenters. The van der Waals surface area contributed by atoms with Gasteiger partial charge < -0.3 is 5.32 Å². The molecule has 0 aromatic heterocycles. The van der Waals surface area contributed by atoms with Crippen molar-refractivity contribution >= 4 is 46.9 Å². The molecule has 1 heterocycles. The molecule has 0 aliphatic carbocycles. The maximum Gasteiger partial charge on any atom is 0.265 e. The number of benzene rings is 3. The molecular formula is C27H25ClN2O2S. The largest absolute Gasteiger partial charge is 0.352 e. The van der Waals surface area contributed by atoms with E-state index in [2.05, 4.69) is 17.4 Å². The van der Waals surface area contributed by atoms with Crippen molar-refractivity contribution in [3.8, 4) is 0 Å². The minimum Gasteiger partial charge on any atom is -0.352 e. The van der Waals surface area contributed by atoms with Crippen molar-refractivity contribution in [2.45, 2.75) is 30.7 Å². The molecule has 1 N–H and O–H groups in total.